The van der Waals surface area contributed by atoms with Crippen LogP contribution >= 0.6 is 0 Å². The van der Waals surface area contributed by atoms with Crippen molar-refractivity contribution < 1.29 is 14.3 Å². The van der Waals surface area contributed by atoms with Crippen molar-refractivity contribution in [3.8, 4) is 11.5 Å². The van der Waals surface area contributed by atoms with Gasteiger partial charge in [-0.3, -0.25) is 0 Å². The van der Waals surface area contributed by atoms with Gasteiger partial charge in [-0.25, -0.2) is 4.79 Å². The van der Waals surface area contributed by atoms with Crippen LogP contribution in [-0.4, -0.2) is 12.5 Å². The molecule has 4 aromatic rings. The molecule has 1 spiro atoms. The van der Waals surface area contributed by atoms with Crippen LogP contribution in [0.2, 0.25) is 0 Å². The van der Waals surface area contributed by atoms with Gasteiger partial charge in [0.2, 0.25) is 0 Å². The van der Waals surface area contributed by atoms with Gasteiger partial charge in [0.05, 0.1) is 12.1 Å². The Balaban J connectivity index is 1.59. The number of nitrogens with one attached hydrogen (secondary N) is 1. The van der Waals surface area contributed by atoms with Crippen LogP contribution in [-0.2, 0) is 10.3 Å². The van der Waals surface area contributed by atoms with Crippen molar-refractivity contribution in [2.75, 3.05) is 16.9 Å². The first-order valence-corrected chi connectivity index (χ1v) is 11.8. The fraction of sp³-hybridized carbons (Fsp3) is 0.133. The summed E-state index contributed by atoms with van der Waals surface area (Å²) in [7, 11) is 0. The molecule has 0 saturated heterocycles. The number of carbonyl (C=O) groups is 1. The second kappa shape index (κ2) is 8.17. The number of para-hydroxylation sites is 1. The highest BCUT2D eigenvalue weighted by Gasteiger charge is 2.53. The van der Waals surface area contributed by atoms with Crippen molar-refractivity contribution in [1.82, 2.24) is 0 Å². The quantitative estimate of drug-likeness (QED) is 0.197. The van der Waals surface area contributed by atoms with Gasteiger partial charge in [0, 0.05) is 34.1 Å². The molecule has 6 nitrogen and oxygen atoms in total. The molecule has 4 aromatic carbocycles. The molecule has 0 fully saturated rings. The molecule has 0 radical (unpaired) electrons. The lowest BCUT2D eigenvalue weighted by Crippen LogP contribution is -2.33. The van der Waals surface area contributed by atoms with E-state index in [0.29, 0.717) is 23.6 Å². The van der Waals surface area contributed by atoms with Crippen LogP contribution in [0.15, 0.2) is 84.9 Å². The average Bonchev–Trinajstić information content (AvgIpc) is 3.19. The number of carbonyl (C=O) groups excluding carboxylic acids is 1. The number of nitrogens with zero attached hydrogens (tertiary/aromatic N) is 2. The number of aryl methyl sites for hydroxylation is 1. The minimum absolute atomic E-state index is 0.372. The lowest BCUT2D eigenvalue weighted by atomic mass is 9.77. The van der Waals surface area contributed by atoms with E-state index in [4.69, 9.17) is 16.0 Å². The van der Waals surface area contributed by atoms with Crippen LogP contribution in [0.25, 0.3) is 4.95 Å². The molecule has 0 aromatic heterocycles. The van der Waals surface area contributed by atoms with E-state index >= 15 is 0 Å². The van der Waals surface area contributed by atoms with Crippen molar-refractivity contribution in [1.29, 1.82) is 0 Å². The third-order valence-electron chi connectivity index (χ3n) is 6.81. The van der Waals surface area contributed by atoms with Gasteiger partial charge >= 0.3 is 5.97 Å². The summed E-state index contributed by atoms with van der Waals surface area (Å²) in [6.45, 7) is 12.0. The summed E-state index contributed by atoms with van der Waals surface area (Å²) in [4.78, 5) is 16.7. The van der Waals surface area contributed by atoms with Crippen LogP contribution in [0, 0.1) is 13.5 Å². The zero-order valence-corrected chi connectivity index (χ0v) is 19.9. The Kier molecular flexibility index (Phi) is 4.94. The monoisotopic (exact) mass is 473 g/mol. The SMILES string of the molecule is [C-]#[N+]N(CC)c1ccc2c(c1)Oc1cc(C)c(Nc3ccccc3)cc1C21OC(=O)c2ccccc21. The van der Waals surface area contributed by atoms with Gasteiger partial charge in [0.1, 0.15) is 17.2 Å². The smallest absolute Gasteiger partial charge is 0.340 e. The van der Waals surface area contributed by atoms with Crippen LogP contribution < -0.4 is 15.1 Å². The summed E-state index contributed by atoms with van der Waals surface area (Å²) in [6.07, 6.45) is 0. The largest absolute Gasteiger partial charge is 0.456 e. The molecule has 2 aliphatic rings. The third-order valence-corrected chi connectivity index (χ3v) is 6.81. The maximum absolute atomic E-state index is 13.1. The fourth-order valence-corrected chi connectivity index (χ4v) is 5.09. The van der Waals surface area contributed by atoms with E-state index in [2.05, 4.69) is 10.3 Å². The minimum Gasteiger partial charge on any atom is -0.456 e. The summed E-state index contributed by atoms with van der Waals surface area (Å²) in [6, 6.07) is 27.1. The highest BCUT2D eigenvalue weighted by Crippen LogP contribution is 2.57. The van der Waals surface area contributed by atoms with E-state index in [1.807, 2.05) is 92.7 Å². The van der Waals surface area contributed by atoms with Crippen molar-refractivity contribution in [3.05, 3.63) is 124 Å². The van der Waals surface area contributed by atoms with Gasteiger partial charge < -0.3 is 14.8 Å². The van der Waals surface area contributed by atoms with Crippen molar-refractivity contribution in [2.45, 2.75) is 19.4 Å². The second-order valence-electron chi connectivity index (χ2n) is 8.87. The van der Waals surface area contributed by atoms with Crippen LogP contribution in [0.5, 0.6) is 11.5 Å². The number of anilines is 3. The Hall–Kier alpha value is -4.76. The number of fused-ring (bicyclic) bond motifs is 6. The molecule has 2 heterocycles. The first-order chi connectivity index (χ1) is 17.5. The Morgan fingerprint density at radius 1 is 0.917 bits per heavy atom. The lowest BCUT2D eigenvalue weighted by molar-refractivity contribution is 0.0224. The molecule has 0 amide bonds. The first-order valence-electron chi connectivity index (χ1n) is 11.8. The minimum atomic E-state index is -1.16. The van der Waals surface area contributed by atoms with E-state index < -0.39 is 5.60 Å². The Labute approximate surface area is 209 Å². The number of hydrogen-bond donors (Lipinski definition) is 1. The first kappa shape index (κ1) is 21.8. The van der Waals surface area contributed by atoms with Gasteiger partial charge in [0.15, 0.2) is 5.60 Å². The van der Waals surface area contributed by atoms with Crippen molar-refractivity contribution in [3.63, 3.8) is 0 Å². The topological polar surface area (TPSA) is 55.2 Å². The maximum Gasteiger partial charge on any atom is 0.340 e. The van der Waals surface area contributed by atoms with Crippen LogP contribution in [0.3, 0.4) is 0 Å². The fourth-order valence-electron chi connectivity index (χ4n) is 5.09. The van der Waals surface area contributed by atoms with Gasteiger partial charge in [-0.15, -0.1) is 0 Å². The third kappa shape index (κ3) is 3.14. The number of esters is 1. The van der Waals surface area contributed by atoms with Crippen molar-refractivity contribution in [2.24, 2.45) is 0 Å². The summed E-state index contributed by atoms with van der Waals surface area (Å²) < 4.78 is 12.7. The van der Waals surface area contributed by atoms with Gasteiger partial charge in [-0.1, -0.05) is 41.4 Å². The molecule has 1 N–H and O–H groups in total. The van der Waals surface area contributed by atoms with Gasteiger partial charge in [0.25, 0.3) is 0 Å². The molecular formula is C30H23N3O3. The Morgan fingerprint density at radius 3 is 2.44 bits per heavy atom. The van der Waals surface area contributed by atoms with Crippen LogP contribution in [0.1, 0.15) is 39.5 Å². The van der Waals surface area contributed by atoms with Gasteiger partial charge in [-0.2, -0.15) is 11.5 Å². The van der Waals surface area contributed by atoms with E-state index in [9.17, 15) is 4.79 Å². The van der Waals surface area contributed by atoms with E-state index in [-0.39, 0.29) is 5.97 Å². The molecule has 6 heteroatoms. The summed E-state index contributed by atoms with van der Waals surface area (Å²) in [5, 5.41) is 5.06. The predicted molar refractivity (Wildman–Crippen MR) is 139 cm³/mol. The Bertz CT molecular complexity index is 1560. The summed E-state index contributed by atoms with van der Waals surface area (Å²) in [5.41, 5.74) is 5.20. The summed E-state index contributed by atoms with van der Waals surface area (Å²) in [5.74, 6) is 0.809. The number of rotatable bonds is 4. The predicted octanol–water partition coefficient (Wildman–Crippen LogP) is 6.97. The van der Waals surface area contributed by atoms with Crippen molar-refractivity contribution >= 4 is 23.0 Å². The standard InChI is InChI=1S/C30H23N3O3/c1-4-33(31-3)21-14-15-24-28(17-21)35-27-16-19(2)26(32-20-10-6-5-7-11-20)18-25(27)30(24)23-13-9-8-12-22(23)29(34)36-30/h5-18,32H,4H2,1-2H3. The maximum atomic E-state index is 13.1. The molecule has 2 aliphatic heterocycles. The summed E-state index contributed by atoms with van der Waals surface area (Å²) >= 11 is 0. The van der Waals surface area contributed by atoms with E-state index in [1.54, 1.807) is 11.1 Å². The molecule has 0 saturated carbocycles. The molecule has 36 heavy (non-hydrogen) atoms. The van der Waals surface area contributed by atoms with Crippen LogP contribution in [0.4, 0.5) is 17.1 Å². The lowest BCUT2D eigenvalue weighted by Gasteiger charge is -2.37. The molecular weight excluding hydrogens is 450 g/mol. The highest BCUT2D eigenvalue weighted by atomic mass is 16.6. The molecule has 176 valence electrons. The highest BCUT2D eigenvalue weighted by molar-refractivity contribution is 5.97. The molecule has 1 unspecified atom stereocenters. The molecule has 0 bridgehead atoms. The number of hydrogen-bond acceptors (Lipinski definition) is 5. The zero-order valence-electron chi connectivity index (χ0n) is 19.9. The van der Waals surface area contributed by atoms with E-state index in [0.717, 1.165) is 39.3 Å². The number of ether oxygens (including phenoxy) is 2. The molecule has 0 aliphatic carbocycles. The second-order valence-corrected chi connectivity index (χ2v) is 8.87. The normalized spacial score (nSPS) is 16.8. The zero-order chi connectivity index (χ0) is 24.9. The molecule has 6 rings (SSSR count). The molecule has 1 atom stereocenters. The average molecular weight is 474 g/mol. The number of benzene rings is 4. The van der Waals surface area contributed by atoms with Gasteiger partial charge in [-0.05, 0) is 61.9 Å². The van der Waals surface area contributed by atoms with E-state index in [1.165, 1.54) is 0 Å². The Morgan fingerprint density at radius 2 is 1.67 bits per heavy atom.